The zero-order chi connectivity index (χ0) is 38.2. The van der Waals surface area contributed by atoms with Gasteiger partial charge in [0.05, 0.1) is 17.0 Å². The van der Waals surface area contributed by atoms with E-state index in [9.17, 15) is 0 Å². The van der Waals surface area contributed by atoms with Crippen LogP contribution in [0.15, 0.2) is 194 Å². The fourth-order valence-corrected chi connectivity index (χ4v) is 9.03. The molecular formula is C53H34N4O. The first-order valence-electron chi connectivity index (χ1n) is 19.8. The van der Waals surface area contributed by atoms with Crippen LogP contribution in [-0.4, -0.2) is 25.6 Å². The van der Waals surface area contributed by atoms with Crippen molar-refractivity contribution >= 4 is 48.9 Å². The second-order valence-corrected chi connectivity index (χ2v) is 15.1. The van der Waals surface area contributed by atoms with Crippen molar-refractivity contribution in [2.45, 2.75) is 12.0 Å². The molecule has 0 N–H and O–H groups in total. The van der Waals surface area contributed by atoms with E-state index in [-0.39, 0.29) is 12.0 Å². The summed E-state index contributed by atoms with van der Waals surface area (Å²) in [5, 5.41) is 7.54. The third-order valence-electron chi connectivity index (χ3n) is 11.8. The van der Waals surface area contributed by atoms with Crippen LogP contribution < -0.4 is 4.74 Å². The van der Waals surface area contributed by atoms with Gasteiger partial charge >= 0.3 is 0 Å². The molecule has 8 aromatic carbocycles. The summed E-state index contributed by atoms with van der Waals surface area (Å²) in [5.74, 6) is 2.86. The van der Waals surface area contributed by atoms with Gasteiger partial charge in [-0.15, -0.1) is 0 Å². The van der Waals surface area contributed by atoms with Gasteiger partial charge in [-0.2, -0.15) is 0 Å². The van der Waals surface area contributed by atoms with E-state index in [1.807, 2.05) is 42.5 Å². The summed E-state index contributed by atoms with van der Waals surface area (Å²) in [7, 11) is 0. The van der Waals surface area contributed by atoms with Crippen LogP contribution in [0.2, 0.25) is 0 Å². The first-order valence-corrected chi connectivity index (χ1v) is 19.8. The molecule has 2 atom stereocenters. The molecule has 0 saturated carbocycles. The average Bonchev–Trinajstić information content (AvgIpc) is 3.84. The zero-order valence-electron chi connectivity index (χ0n) is 31.3. The van der Waals surface area contributed by atoms with Crippen LogP contribution in [0.5, 0.6) is 5.75 Å². The largest absolute Gasteiger partial charge is 0.485 e. The molecule has 2 aliphatic rings. The lowest BCUT2D eigenvalue weighted by Gasteiger charge is -2.22. The molecule has 0 fully saturated rings. The highest BCUT2D eigenvalue weighted by Crippen LogP contribution is 2.47. The maximum Gasteiger partial charge on any atom is 0.164 e. The molecule has 5 heteroatoms. The zero-order valence-corrected chi connectivity index (χ0v) is 31.3. The molecule has 1 aliphatic heterocycles. The van der Waals surface area contributed by atoms with Gasteiger partial charge in [-0.1, -0.05) is 152 Å². The van der Waals surface area contributed by atoms with Gasteiger partial charge in [0.15, 0.2) is 17.5 Å². The van der Waals surface area contributed by atoms with Crippen LogP contribution in [0.3, 0.4) is 0 Å². The van der Waals surface area contributed by atoms with E-state index < -0.39 is 0 Å². The second kappa shape index (κ2) is 13.0. The summed E-state index contributed by atoms with van der Waals surface area (Å²) in [6.07, 6.45) is 6.20. The van der Waals surface area contributed by atoms with Crippen LogP contribution in [0.25, 0.3) is 88.5 Å². The third-order valence-corrected chi connectivity index (χ3v) is 11.8. The van der Waals surface area contributed by atoms with E-state index in [1.165, 1.54) is 43.4 Å². The van der Waals surface area contributed by atoms with Crippen molar-refractivity contribution in [1.29, 1.82) is 0 Å². The highest BCUT2D eigenvalue weighted by atomic mass is 16.5. The van der Waals surface area contributed by atoms with Gasteiger partial charge in [-0.05, 0) is 75.1 Å². The molecule has 0 amide bonds. The van der Waals surface area contributed by atoms with Gasteiger partial charge in [0.2, 0.25) is 0 Å². The molecular weight excluding hydrogens is 709 g/mol. The standard InChI is InChI=1S/C53H34N4O/c1-2-12-36(13-3-1)51-54-52(56-53(55-51)43-18-10-20-48-50(43)42-17-8-9-19-47(42)58-48)37-23-21-33(22-24-37)34-25-28-40(29-26-34)57-45-30-27-35-11-6-7-16-41(35)49(45)44-31-38-14-4-5-15-39(38)32-46(44)57/h1-32,48,50H. The summed E-state index contributed by atoms with van der Waals surface area (Å²) in [6.45, 7) is 0. The van der Waals surface area contributed by atoms with Gasteiger partial charge in [0.25, 0.3) is 0 Å². The number of allylic oxidation sites excluding steroid dienone is 2. The number of fused-ring (bicyclic) bond motifs is 9. The van der Waals surface area contributed by atoms with Crippen molar-refractivity contribution in [2.24, 2.45) is 0 Å². The molecule has 0 bridgehead atoms. The van der Waals surface area contributed by atoms with E-state index in [4.69, 9.17) is 19.7 Å². The summed E-state index contributed by atoms with van der Waals surface area (Å²) in [5.41, 5.74) is 9.84. The maximum absolute atomic E-state index is 6.34. The van der Waals surface area contributed by atoms with Gasteiger partial charge in [-0.3, -0.25) is 0 Å². The van der Waals surface area contributed by atoms with Gasteiger partial charge in [0, 0.05) is 38.7 Å². The summed E-state index contributed by atoms with van der Waals surface area (Å²) in [6, 6.07) is 62.4. The number of aromatic nitrogens is 4. The Bertz CT molecular complexity index is 3310. The smallest absolute Gasteiger partial charge is 0.164 e. The minimum atomic E-state index is -0.0989. The lowest BCUT2D eigenvalue weighted by molar-refractivity contribution is 0.271. The highest BCUT2D eigenvalue weighted by molar-refractivity contribution is 6.23. The summed E-state index contributed by atoms with van der Waals surface area (Å²) in [4.78, 5) is 15.2. The minimum Gasteiger partial charge on any atom is -0.485 e. The molecule has 5 nitrogen and oxygen atoms in total. The Kier molecular flexibility index (Phi) is 7.29. The number of rotatable bonds is 5. The number of hydrogen-bond donors (Lipinski definition) is 0. The first-order chi connectivity index (χ1) is 28.7. The molecule has 2 unspecified atom stereocenters. The van der Waals surface area contributed by atoms with Crippen LogP contribution in [-0.2, 0) is 0 Å². The van der Waals surface area contributed by atoms with Crippen LogP contribution in [0, 0.1) is 0 Å². The van der Waals surface area contributed by atoms with Gasteiger partial charge < -0.3 is 9.30 Å². The predicted octanol–water partition coefficient (Wildman–Crippen LogP) is 12.8. The Morgan fingerprint density at radius 2 is 1.09 bits per heavy atom. The van der Waals surface area contributed by atoms with E-state index in [0.29, 0.717) is 17.5 Å². The molecule has 10 aromatic rings. The second-order valence-electron chi connectivity index (χ2n) is 15.1. The Morgan fingerprint density at radius 1 is 0.466 bits per heavy atom. The number of ether oxygens (including phenoxy) is 1. The van der Waals surface area contributed by atoms with Gasteiger partial charge in [-0.25, -0.2) is 15.0 Å². The Balaban J connectivity index is 0.923. The maximum atomic E-state index is 6.34. The van der Waals surface area contributed by atoms with Crippen LogP contribution in [0.1, 0.15) is 17.3 Å². The van der Waals surface area contributed by atoms with E-state index in [2.05, 4.69) is 156 Å². The fraction of sp³-hybridized carbons (Fsp3) is 0.0377. The first kappa shape index (κ1) is 32.6. The average molecular weight is 743 g/mol. The molecule has 272 valence electrons. The monoisotopic (exact) mass is 742 g/mol. The van der Waals surface area contributed by atoms with Crippen LogP contribution in [0.4, 0.5) is 0 Å². The van der Waals surface area contributed by atoms with Crippen molar-refractivity contribution in [3.63, 3.8) is 0 Å². The Morgan fingerprint density at radius 3 is 1.88 bits per heavy atom. The van der Waals surface area contributed by atoms with E-state index in [0.717, 1.165) is 44.8 Å². The third kappa shape index (κ3) is 5.21. The Labute approximate surface area is 334 Å². The molecule has 12 rings (SSSR count). The fourth-order valence-electron chi connectivity index (χ4n) is 9.03. The van der Waals surface area contributed by atoms with E-state index in [1.54, 1.807) is 0 Å². The van der Waals surface area contributed by atoms with Crippen molar-refractivity contribution in [1.82, 2.24) is 19.5 Å². The summed E-state index contributed by atoms with van der Waals surface area (Å²) < 4.78 is 8.76. The number of hydrogen-bond acceptors (Lipinski definition) is 4. The van der Waals surface area contributed by atoms with Crippen molar-refractivity contribution < 1.29 is 4.74 Å². The lowest BCUT2D eigenvalue weighted by atomic mass is 9.84. The lowest BCUT2D eigenvalue weighted by Crippen LogP contribution is -2.20. The molecule has 0 saturated heterocycles. The predicted molar refractivity (Wildman–Crippen MR) is 236 cm³/mol. The molecule has 1 aliphatic carbocycles. The minimum absolute atomic E-state index is 0.00614. The van der Waals surface area contributed by atoms with Crippen LogP contribution >= 0.6 is 0 Å². The quantitative estimate of drug-likeness (QED) is 0.176. The van der Waals surface area contributed by atoms with E-state index >= 15 is 0 Å². The number of benzene rings is 8. The van der Waals surface area contributed by atoms with Gasteiger partial charge in [0.1, 0.15) is 11.9 Å². The highest BCUT2D eigenvalue weighted by Gasteiger charge is 2.38. The number of nitrogens with zero attached hydrogens (tertiary/aromatic N) is 4. The Hall–Kier alpha value is -7.63. The molecule has 0 spiro atoms. The normalized spacial score (nSPS) is 15.8. The summed E-state index contributed by atoms with van der Waals surface area (Å²) >= 11 is 0. The van der Waals surface area contributed by atoms with Crippen molar-refractivity contribution in [3.05, 3.63) is 206 Å². The molecule has 0 radical (unpaired) electrons. The molecule has 58 heavy (non-hydrogen) atoms. The van der Waals surface area contributed by atoms with Crippen molar-refractivity contribution in [2.75, 3.05) is 0 Å². The SMILES string of the molecule is C1=CC2Oc3ccccc3C2C(c2nc(-c3ccccc3)nc(-c3ccc(-c4ccc(-n5c6cc7ccccc7cc6c6c7ccccc7ccc65)cc4)cc3)n2)=C1. The number of para-hydroxylation sites is 1. The topological polar surface area (TPSA) is 52.8 Å². The molecule has 2 aromatic heterocycles. The molecule has 3 heterocycles. The van der Waals surface area contributed by atoms with Crippen molar-refractivity contribution in [3.8, 4) is 45.3 Å².